The zero-order valence-electron chi connectivity index (χ0n) is 7.66. The van der Waals surface area contributed by atoms with Crippen molar-refractivity contribution in [2.45, 2.75) is 19.3 Å². The van der Waals surface area contributed by atoms with Gasteiger partial charge in [0.05, 0.1) is 5.02 Å². The SMILES string of the molecule is C#CCCCC(=O)c1ccc(Cl)cn1. The summed E-state index contributed by atoms with van der Waals surface area (Å²) in [6.45, 7) is 0. The molecule has 0 N–H and O–H groups in total. The summed E-state index contributed by atoms with van der Waals surface area (Å²) in [6.07, 6.45) is 8.32. The van der Waals surface area contributed by atoms with Crippen LogP contribution in [-0.4, -0.2) is 10.8 Å². The number of carbonyl (C=O) groups excluding carboxylic acids is 1. The van der Waals surface area contributed by atoms with Crippen LogP contribution in [0.5, 0.6) is 0 Å². The van der Waals surface area contributed by atoms with Gasteiger partial charge in [-0.1, -0.05) is 11.6 Å². The van der Waals surface area contributed by atoms with Crippen molar-refractivity contribution in [1.82, 2.24) is 4.98 Å². The largest absolute Gasteiger partial charge is 0.292 e. The minimum absolute atomic E-state index is 0.0110. The molecule has 0 aromatic carbocycles. The number of Topliss-reactive ketones (excluding diaryl/α,β-unsaturated/α-hetero) is 1. The number of terminal acetylenes is 1. The maximum Gasteiger partial charge on any atom is 0.181 e. The molecule has 0 atom stereocenters. The van der Waals surface area contributed by atoms with Crippen LogP contribution < -0.4 is 0 Å². The van der Waals surface area contributed by atoms with Crippen molar-refractivity contribution in [3.05, 3.63) is 29.0 Å². The quantitative estimate of drug-likeness (QED) is 0.432. The number of halogens is 1. The fourth-order valence-electron chi connectivity index (χ4n) is 1.02. The van der Waals surface area contributed by atoms with E-state index in [1.165, 1.54) is 6.20 Å². The number of carbonyl (C=O) groups is 1. The number of ketones is 1. The van der Waals surface area contributed by atoms with Crippen LogP contribution >= 0.6 is 11.6 Å². The second-order valence-electron chi connectivity index (χ2n) is 2.84. The van der Waals surface area contributed by atoms with Gasteiger partial charge in [0.15, 0.2) is 5.78 Å². The van der Waals surface area contributed by atoms with Gasteiger partial charge in [-0.05, 0) is 18.6 Å². The van der Waals surface area contributed by atoms with Crippen molar-refractivity contribution < 1.29 is 4.79 Å². The molecule has 0 unspecified atom stereocenters. The average Bonchev–Trinajstić information content (AvgIpc) is 2.19. The third-order valence-electron chi connectivity index (χ3n) is 1.74. The average molecular weight is 208 g/mol. The Morgan fingerprint density at radius 1 is 1.57 bits per heavy atom. The lowest BCUT2D eigenvalue weighted by Crippen LogP contribution is -2.01. The normalized spacial score (nSPS) is 9.43. The molecule has 14 heavy (non-hydrogen) atoms. The molecule has 1 rings (SSSR count). The van der Waals surface area contributed by atoms with Crippen LogP contribution in [0, 0.1) is 12.3 Å². The lowest BCUT2D eigenvalue weighted by Gasteiger charge is -1.98. The first-order chi connectivity index (χ1) is 6.74. The minimum Gasteiger partial charge on any atom is -0.292 e. The Balaban J connectivity index is 2.53. The van der Waals surface area contributed by atoms with Gasteiger partial charge >= 0.3 is 0 Å². The maximum atomic E-state index is 11.5. The third-order valence-corrected chi connectivity index (χ3v) is 1.96. The molecule has 1 aromatic rings. The number of hydrogen-bond acceptors (Lipinski definition) is 2. The number of hydrogen-bond donors (Lipinski definition) is 0. The molecule has 3 heteroatoms. The van der Waals surface area contributed by atoms with Gasteiger partial charge < -0.3 is 0 Å². The van der Waals surface area contributed by atoms with Crippen LogP contribution in [0.4, 0.5) is 0 Å². The van der Waals surface area contributed by atoms with E-state index < -0.39 is 0 Å². The Morgan fingerprint density at radius 2 is 2.36 bits per heavy atom. The monoisotopic (exact) mass is 207 g/mol. The minimum atomic E-state index is 0.0110. The van der Waals surface area contributed by atoms with E-state index in [0.29, 0.717) is 30.0 Å². The summed E-state index contributed by atoms with van der Waals surface area (Å²) < 4.78 is 0. The van der Waals surface area contributed by atoms with E-state index in [1.54, 1.807) is 12.1 Å². The number of rotatable bonds is 4. The van der Waals surface area contributed by atoms with Crippen LogP contribution in [0.25, 0.3) is 0 Å². The Kier molecular flexibility index (Phi) is 4.15. The van der Waals surface area contributed by atoms with Gasteiger partial charge in [0.2, 0.25) is 0 Å². The van der Waals surface area contributed by atoms with Crippen molar-refractivity contribution in [3.63, 3.8) is 0 Å². The van der Waals surface area contributed by atoms with Crippen molar-refractivity contribution in [3.8, 4) is 12.3 Å². The molecule has 1 aromatic heterocycles. The van der Waals surface area contributed by atoms with Gasteiger partial charge in [-0.15, -0.1) is 12.3 Å². The lowest BCUT2D eigenvalue weighted by atomic mass is 10.1. The van der Waals surface area contributed by atoms with Crippen molar-refractivity contribution in [1.29, 1.82) is 0 Å². The molecule has 0 saturated heterocycles. The van der Waals surface area contributed by atoms with Gasteiger partial charge in [-0.2, -0.15) is 0 Å². The predicted octanol–water partition coefficient (Wildman–Crippen LogP) is 2.72. The second-order valence-corrected chi connectivity index (χ2v) is 3.28. The summed E-state index contributed by atoms with van der Waals surface area (Å²) in [6, 6.07) is 3.28. The molecular weight excluding hydrogens is 198 g/mol. The number of pyridine rings is 1. The van der Waals surface area contributed by atoms with Crippen molar-refractivity contribution >= 4 is 17.4 Å². The Morgan fingerprint density at radius 3 is 2.93 bits per heavy atom. The molecule has 0 aliphatic carbocycles. The highest BCUT2D eigenvalue weighted by atomic mass is 35.5. The molecule has 0 bridgehead atoms. The van der Waals surface area contributed by atoms with E-state index in [-0.39, 0.29) is 5.78 Å². The number of unbranched alkanes of at least 4 members (excludes halogenated alkanes) is 1. The first kappa shape index (κ1) is 10.7. The third kappa shape index (κ3) is 3.20. The molecule has 2 nitrogen and oxygen atoms in total. The van der Waals surface area contributed by atoms with E-state index in [2.05, 4.69) is 10.9 Å². The molecule has 1 heterocycles. The smallest absolute Gasteiger partial charge is 0.181 e. The maximum absolute atomic E-state index is 11.5. The van der Waals surface area contributed by atoms with E-state index in [4.69, 9.17) is 18.0 Å². The molecule has 0 saturated carbocycles. The Labute approximate surface area is 88.3 Å². The summed E-state index contributed by atoms with van der Waals surface area (Å²) >= 11 is 5.64. The first-order valence-electron chi connectivity index (χ1n) is 4.32. The van der Waals surface area contributed by atoms with E-state index in [1.807, 2.05) is 0 Å². The summed E-state index contributed by atoms with van der Waals surface area (Å²) in [5.74, 6) is 2.50. The zero-order valence-corrected chi connectivity index (χ0v) is 8.42. The van der Waals surface area contributed by atoms with Crippen LogP contribution in [-0.2, 0) is 0 Å². The number of nitrogens with zero attached hydrogens (tertiary/aromatic N) is 1. The van der Waals surface area contributed by atoms with Crippen LogP contribution in [0.15, 0.2) is 18.3 Å². The van der Waals surface area contributed by atoms with Gasteiger partial charge in [0.25, 0.3) is 0 Å². The molecule has 0 amide bonds. The highest BCUT2D eigenvalue weighted by molar-refractivity contribution is 6.30. The molecule has 0 spiro atoms. The van der Waals surface area contributed by atoms with Gasteiger partial charge in [0.1, 0.15) is 5.69 Å². The summed E-state index contributed by atoms with van der Waals surface area (Å²) in [4.78, 5) is 15.4. The summed E-state index contributed by atoms with van der Waals surface area (Å²) in [5, 5.41) is 0.533. The first-order valence-corrected chi connectivity index (χ1v) is 4.70. The lowest BCUT2D eigenvalue weighted by molar-refractivity contribution is 0.0976. The Hall–Kier alpha value is -1.33. The zero-order chi connectivity index (χ0) is 10.4. The van der Waals surface area contributed by atoms with Gasteiger partial charge in [-0.3, -0.25) is 9.78 Å². The van der Waals surface area contributed by atoms with E-state index >= 15 is 0 Å². The molecule has 0 fully saturated rings. The van der Waals surface area contributed by atoms with E-state index in [0.717, 1.165) is 0 Å². The topological polar surface area (TPSA) is 30.0 Å². The van der Waals surface area contributed by atoms with Crippen LogP contribution in [0.3, 0.4) is 0 Å². The second kappa shape index (κ2) is 5.41. The highest BCUT2D eigenvalue weighted by Crippen LogP contribution is 2.09. The fraction of sp³-hybridized carbons (Fsp3) is 0.273. The molecule has 0 radical (unpaired) electrons. The highest BCUT2D eigenvalue weighted by Gasteiger charge is 2.05. The molecular formula is C11H10ClNO. The Bertz CT molecular complexity index is 351. The summed E-state index contributed by atoms with van der Waals surface area (Å²) in [5.41, 5.74) is 0.450. The number of aromatic nitrogens is 1. The molecule has 0 aliphatic heterocycles. The van der Waals surface area contributed by atoms with Crippen molar-refractivity contribution in [2.24, 2.45) is 0 Å². The predicted molar refractivity (Wildman–Crippen MR) is 56.3 cm³/mol. The van der Waals surface area contributed by atoms with Gasteiger partial charge in [-0.25, -0.2) is 0 Å². The molecule has 72 valence electrons. The summed E-state index contributed by atoms with van der Waals surface area (Å²) in [7, 11) is 0. The van der Waals surface area contributed by atoms with Crippen molar-refractivity contribution in [2.75, 3.05) is 0 Å². The van der Waals surface area contributed by atoms with Gasteiger partial charge in [0, 0.05) is 19.0 Å². The standard InChI is InChI=1S/C11H10ClNO/c1-2-3-4-5-11(14)10-7-6-9(12)8-13-10/h1,6-8H,3-5H2. The molecule has 0 aliphatic rings. The fourth-order valence-corrected chi connectivity index (χ4v) is 1.13. The van der Waals surface area contributed by atoms with Crippen LogP contribution in [0.2, 0.25) is 5.02 Å². The van der Waals surface area contributed by atoms with E-state index in [9.17, 15) is 4.79 Å². The van der Waals surface area contributed by atoms with Crippen LogP contribution in [0.1, 0.15) is 29.8 Å².